The van der Waals surface area contributed by atoms with Crippen LogP contribution in [-0.2, 0) is 11.2 Å². The minimum absolute atomic E-state index is 0.143. The van der Waals surface area contributed by atoms with E-state index in [-0.39, 0.29) is 11.6 Å². The Morgan fingerprint density at radius 1 is 1.20 bits per heavy atom. The molecule has 0 radical (unpaired) electrons. The lowest BCUT2D eigenvalue weighted by molar-refractivity contribution is -0.115. The third kappa shape index (κ3) is 3.84. The Morgan fingerprint density at radius 3 is 2.55 bits per heavy atom. The minimum Gasteiger partial charge on any atom is -0.322 e. The van der Waals surface area contributed by atoms with Crippen LogP contribution in [0.15, 0.2) is 53.0 Å². The summed E-state index contributed by atoms with van der Waals surface area (Å²) in [5, 5.41) is 2.02. The Kier molecular flexibility index (Phi) is 5.20. The Hall–Kier alpha value is -1.33. The summed E-state index contributed by atoms with van der Waals surface area (Å²) in [6.45, 7) is 0. The van der Waals surface area contributed by atoms with Gasteiger partial charge < -0.3 is 5.32 Å². The van der Waals surface area contributed by atoms with Crippen LogP contribution in [0, 0.1) is 5.82 Å². The zero-order valence-corrected chi connectivity index (χ0v) is 13.0. The molecule has 0 aliphatic heterocycles. The standard InChI is InChI=1S/C15H13BrFNOS/c16-11-7-4-8-12(17)14(11)18-15(19)13(20)9-10-5-2-1-3-6-10/h1-8,13,20H,9H2,(H,18,19). The monoisotopic (exact) mass is 353 g/mol. The van der Waals surface area contributed by atoms with Gasteiger partial charge in [-0.1, -0.05) is 36.4 Å². The van der Waals surface area contributed by atoms with Crippen LogP contribution in [0.25, 0.3) is 0 Å². The van der Waals surface area contributed by atoms with Crippen molar-refractivity contribution >= 4 is 40.2 Å². The predicted octanol–water partition coefficient (Wildman–Crippen LogP) is 4.07. The van der Waals surface area contributed by atoms with Gasteiger partial charge in [-0.25, -0.2) is 4.39 Å². The molecule has 1 amide bonds. The first-order valence-corrected chi connectivity index (χ1v) is 7.35. The van der Waals surface area contributed by atoms with Crippen LogP contribution in [0.1, 0.15) is 5.56 Å². The molecule has 1 atom stereocenters. The number of para-hydroxylation sites is 1. The van der Waals surface area contributed by atoms with Crippen LogP contribution in [0.4, 0.5) is 10.1 Å². The number of nitrogens with one attached hydrogen (secondary N) is 1. The number of halogens is 2. The molecule has 0 aliphatic rings. The SMILES string of the molecule is O=C(Nc1c(F)cccc1Br)C(S)Cc1ccccc1. The molecule has 2 nitrogen and oxygen atoms in total. The number of hydrogen-bond acceptors (Lipinski definition) is 2. The molecule has 0 saturated carbocycles. The summed E-state index contributed by atoms with van der Waals surface area (Å²) in [4.78, 5) is 12.0. The van der Waals surface area contributed by atoms with Crippen LogP contribution < -0.4 is 5.32 Å². The first-order chi connectivity index (χ1) is 9.58. The molecule has 0 aromatic heterocycles. The molecule has 2 aromatic rings. The summed E-state index contributed by atoms with van der Waals surface area (Å²) in [5.41, 5.74) is 1.15. The molecule has 0 bridgehead atoms. The van der Waals surface area contributed by atoms with Gasteiger partial charge in [0.1, 0.15) is 5.82 Å². The summed E-state index contributed by atoms with van der Waals surface area (Å²) in [5.74, 6) is -0.809. The predicted molar refractivity (Wildman–Crippen MR) is 85.6 cm³/mol. The number of anilines is 1. The van der Waals surface area contributed by atoms with Crippen molar-refractivity contribution in [1.29, 1.82) is 0 Å². The van der Waals surface area contributed by atoms with Gasteiger partial charge >= 0.3 is 0 Å². The molecule has 104 valence electrons. The quantitative estimate of drug-likeness (QED) is 0.797. The maximum absolute atomic E-state index is 13.6. The van der Waals surface area contributed by atoms with E-state index in [1.165, 1.54) is 6.07 Å². The maximum Gasteiger partial charge on any atom is 0.237 e. The topological polar surface area (TPSA) is 29.1 Å². The van der Waals surface area contributed by atoms with Gasteiger partial charge in [0.15, 0.2) is 0 Å². The number of thiol groups is 1. The second-order valence-electron chi connectivity index (χ2n) is 4.29. The lowest BCUT2D eigenvalue weighted by atomic mass is 10.1. The number of carbonyl (C=O) groups is 1. The van der Waals surface area contributed by atoms with Crippen LogP contribution in [0.5, 0.6) is 0 Å². The molecule has 0 heterocycles. The zero-order valence-electron chi connectivity index (χ0n) is 10.5. The number of carbonyl (C=O) groups excluding carboxylic acids is 1. The molecular weight excluding hydrogens is 341 g/mol. The zero-order chi connectivity index (χ0) is 14.5. The van der Waals surface area contributed by atoms with Gasteiger partial charge in [0.25, 0.3) is 0 Å². The van der Waals surface area contributed by atoms with Crippen LogP contribution in [-0.4, -0.2) is 11.2 Å². The third-order valence-corrected chi connectivity index (χ3v) is 3.86. The van der Waals surface area contributed by atoms with E-state index < -0.39 is 11.1 Å². The van der Waals surface area contributed by atoms with Crippen molar-refractivity contribution in [2.24, 2.45) is 0 Å². The summed E-state index contributed by atoms with van der Waals surface area (Å²) in [6, 6.07) is 14.1. The first kappa shape index (κ1) is 15.1. The fourth-order valence-electron chi connectivity index (χ4n) is 1.75. The van der Waals surface area contributed by atoms with E-state index in [1.54, 1.807) is 12.1 Å². The molecule has 1 N–H and O–H groups in total. The number of benzene rings is 2. The largest absolute Gasteiger partial charge is 0.322 e. The van der Waals surface area contributed by atoms with Gasteiger partial charge in [0.2, 0.25) is 5.91 Å². The molecule has 0 fully saturated rings. The highest BCUT2D eigenvalue weighted by Gasteiger charge is 2.17. The average molecular weight is 354 g/mol. The highest BCUT2D eigenvalue weighted by molar-refractivity contribution is 9.10. The Balaban J connectivity index is 2.05. The fraction of sp³-hybridized carbons (Fsp3) is 0.133. The van der Waals surface area contributed by atoms with E-state index in [0.717, 1.165) is 5.56 Å². The molecular formula is C15H13BrFNOS. The minimum atomic E-state index is -0.538. The molecule has 1 unspecified atom stereocenters. The van der Waals surface area contributed by atoms with Crippen molar-refractivity contribution < 1.29 is 9.18 Å². The van der Waals surface area contributed by atoms with Gasteiger partial charge in [-0.15, -0.1) is 0 Å². The van der Waals surface area contributed by atoms with Crippen molar-refractivity contribution in [2.75, 3.05) is 5.32 Å². The maximum atomic E-state index is 13.6. The first-order valence-electron chi connectivity index (χ1n) is 6.05. The van der Waals surface area contributed by atoms with E-state index in [1.807, 2.05) is 30.3 Å². The van der Waals surface area contributed by atoms with Gasteiger partial charge in [0.05, 0.1) is 10.9 Å². The molecule has 2 aromatic carbocycles. The van der Waals surface area contributed by atoms with Gasteiger partial charge in [-0.05, 0) is 40.0 Å². The number of amides is 1. The second kappa shape index (κ2) is 6.90. The van der Waals surface area contributed by atoms with Crippen molar-refractivity contribution in [3.63, 3.8) is 0 Å². The van der Waals surface area contributed by atoms with Crippen LogP contribution >= 0.6 is 28.6 Å². The van der Waals surface area contributed by atoms with Crippen molar-refractivity contribution in [1.82, 2.24) is 0 Å². The molecule has 0 saturated heterocycles. The van der Waals surface area contributed by atoms with Crippen molar-refractivity contribution in [3.8, 4) is 0 Å². The Bertz CT molecular complexity index is 586. The third-order valence-electron chi connectivity index (χ3n) is 2.79. The van der Waals surface area contributed by atoms with Crippen molar-refractivity contribution in [2.45, 2.75) is 11.7 Å². The number of hydrogen-bond donors (Lipinski definition) is 2. The second-order valence-corrected chi connectivity index (χ2v) is 5.77. The lowest BCUT2D eigenvalue weighted by Gasteiger charge is -2.13. The van der Waals surface area contributed by atoms with Crippen LogP contribution in [0.2, 0.25) is 0 Å². The highest BCUT2D eigenvalue weighted by Crippen LogP contribution is 2.25. The van der Waals surface area contributed by atoms with E-state index in [0.29, 0.717) is 10.9 Å². The molecule has 0 spiro atoms. The smallest absolute Gasteiger partial charge is 0.237 e. The normalized spacial score (nSPS) is 11.9. The Morgan fingerprint density at radius 2 is 1.90 bits per heavy atom. The molecule has 0 aliphatic carbocycles. The van der Waals surface area contributed by atoms with Crippen LogP contribution in [0.3, 0.4) is 0 Å². The van der Waals surface area contributed by atoms with Gasteiger partial charge in [0, 0.05) is 4.47 Å². The van der Waals surface area contributed by atoms with Gasteiger partial charge in [-0.3, -0.25) is 4.79 Å². The fourth-order valence-corrected chi connectivity index (χ4v) is 2.47. The summed E-state index contributed by atoms with van der Waals surface area (Å²) in [7, 11) is 0. The molecule has 2 rings (SSSR count). The summed E-state index contributed by atoms with van der Waals surface area (Å²) < 4.78 is 14.1. The molecule has 5 heteroatoms. The van der Waals surface area contributed by atoms with E-state index in [9.17, 15) is 9.18 Å². The summed E-state index contributed by atoms with van der Waals surface area (Å²) in [6.07, 6.45) is 0.488. The lowest BCUT2D eigenvalue weighted by Crippen LogP contribution is -2.25. The molecule has 20 heavy (non-hydrogen) atoms. The van der Waals surface area contributed by atoms with E-state index >= 15 is 0 Å². The number of rotatable bonds is 4. The van der Waals surface area contributed by atoms with Crippen molar-refractivity contribution in [3.05, 3.63) is 64.4 Å². The van der Waals surface area contributed by atoms with E-state index in [4.69, 9.17) is 0 Å². The Labute approximate surface area is 130 Å². The van der Waals surface area contributed by atoms with Gasteiger partial charge in [-0.2, -0.15) is 12.6 Å². The van der Waals surface area contributed by atoms with E-state index in [2.05, 4.69) is 33.9 Å². The summed E-state index contributed by atoms with van der Waals surface area (Å²) >= 11 is 7.50. The highest BCUT2D eigenvalue weighted by atomic mass is 79.9. The average Bonchev–Trinajstić information content (AvgIpc) is 2.44.